The number of phenols is 1. The molecular weight excluding hydrogens is 410 g/mol. The molecule has 4 rings (SSSR count). The highest BCUT2D eigenvalue weighted by atomic mass is 16.5. The number of ether oxygens (including phenoxy) is 2. The number of carbonyl (C=O) groups is 2. The molecule has 2 aliphatic heterocycles. The van der Waals surface area contributed by atoms with Crippen LogP contribution in [0.25, 0.3) is 5.76 Å². The third kappa shape index (κ3) is 3.68. The fraction of sp³-hybridized carbons (Fsp3) is 0.360. The number of Topliss-reactive ketones (excluding diaryl/α,β-unsaturated/α-hetero) is 1. The summed E-state index contributed by atoms with van der Waals surface area (Å²) in [6, 6.07) is 9.23. The van der Waals surface area contributed by atoms with E-state index in [0.717, 1.165) is 11.3 Å². The third-order valence-corrected chi connectivity index (χ3v) is 5.77. The summed E-state index contributed by atoms with van der Waals surface area (Å²) in [6.07, 6.45) is 1.40. The Morgan fingerprint density at radius 1 is 1.19 bits per heavy atom. The van der Waals surface area contributed by atoms with Gasteiger partial charge in [0.15, 0.2) is 11.5 Å². The first-order chi connectivity index (χ1) is 15.3. The van der Waals surface area contributed by atoms with E-state index in [-0.39, 0.29) is 28.9 Å². The molecule has 1 fully saturated rings. The number of fused-ring (bicyclic) bond motifs is 1. The van der Waals surface area contributed by atoms with Gasteiger partial charge in [0.1, 0.15) is 17.6 Å². The molecule has 2 unspecified atom stereocenters. The van der Waals surface area contributed by atoms with E-state index in [1.54, 1.807) is 37.3 Å². The lowest BCUT2D eigenvalue weighted by Gasteiger charge is -2.25. The number of aliphatic hydroxyl groups is 1. The molecule has 168 valence electrons. The van der Waals surface area contributed by atoms with Crippen molar-refractivity contribution in [3.05, 3.63) is 58.7 Å². The number of benzene rings is 2. The summed E-state index contributed by atoms with van der Waals surface area (Å²) in [7, 11) is 0. The highest BCUT2D eigenvalue weighted by Gasteiger charge is 2.46. The number of aromatic hydroxyl groups is 1. The molecule has 32 heavy (non-hydrogen) atoms. The maximum atomic E-state index is 13.0. The average Bonchev–Trinajstić information content (AvgIpc) is 3.26. The fourth-order valence-corrected chi connectivity index (χ4v) is 4.39. The number of hydrogen-bond donors (Lipinski definition) is 2. The van der Waals surface area contributed by atoms with Crippen LogP contribution in [0, 0.1) is 0 Å². The molecule has 7 heteroatoms. The molecule has 7 nitrogen and oxygen atoms in total. The second-order valence-corrected chi connectivity index (χ2v) is 8.11. The molecule has 0 aliphatic carbocycles. The van der Waals surface area contributed by atoms with Gasteiger partial charge in [-0.1, -0.05) is 13.0 Å². The minimum atomic E-state index is -0.779. The molecule has 2 aromatic rings. The highest BCUT2D eigenvalue weighted by molar-refractivity contribution is 6.46. The molecule has 0 spiro atoms. The standard InChI is InChI=1S/C25H27NO6/c1-4-10-26-22(15-6-8-18(27)20(13-15)31-5-2)21(24(29)25(26)30)23(28)16-7-9-19-17(12-16)11-14(3)32-19/h6-9,12-14,22,27-28H,4-5,10-11H2,1-3H3/b23-21+. The van der Waals surface area contributed by atoms with Crippen molar-refractivity contribution in [2.24, 2.45) is 0 Å². The van der Waals surface area contributed by atoms with Gasteiger partial charge in [0.05, 0.1) is 18.2 Å². The van der Waals surface area contributed by atoms with Crippen LogP contribution < -0.4 is 9.47 Å². The molecule has 1 saturated heterocycles. The maximum absolute atomic E-state index is 13.0. The first-order valence-corrected chi connectivity index (χ1v) is 10.9. The number of nitrogens with zero attached hydrogens (tertiary/aromatic N) is 1. The van der Waals surface area contributed by atoms with Gasteiger partial charge in [-0.3, -0.25) is 9.59 Å². The van der Waals surface area contributed by atoms with Crippen LogP contribution >= 0.6 is 0 Å². The van der Waals surface area contributed by atoms with Crippen molar-refractivity contribution < 1.29 is 29.3 Å². The molecule has 0 radical (unpaired) electrons. The summed E-state index contributed by atoms with van der Waals surface area (Å²) in [5.74, 6) is -0.608. The number of likely N-dealkylation sites (tertiary alicyclic amines) is 1. The van der Waals surface area contributed by atoms with E-state index < -0.39 is 17.7 Å². The highest BCUT2D eigenvalue weighted by Crippen LogP contribution is 2.42. The lowest BCUT2D eigenvalue weighted by molar-refractivity contribution is -0.139. The van der Waals surface area contributed by atoms with Gasteiger partial charge in [0.25, 0.3) is 11.7 Å². The van der Waals surface area contributed by atoms with Crippen LogP contribution in [0.1, 0.15) is 49.9 Å². The number of carbonyl (C=O) groups excluding carboxylic acids is 2. The van der Waals surface area contributed by atoms with Gasteiger partial charge in [0.2, 0.25) is 0 Å². The van der Waals surface area contributed by atoms with Crippen LogP contribution in [0.15, 0.2) is 42.0 Å². The summed E-state index contributed by atoms with van der Waals surface area (Å²) in [4.78, 5) is 27.4. The van der Waals surface area contributed by atoms with Gasteiger partial charge >= 0.3 is 0 Å². The first-order valence-electron chi connectivity index (χ1n) is 10.9. The van der Waals surface area contributed by atoms with Crippen molar-refractivity contribution in [2.75, 3.05) is 13.2 Å². The summed E-state index contributed by atoms with van der Waals surface area (Å²) in [5, 5.41) is 21.3. The SMILES string of the molecule is CCCN1C(=O)C(=O)/C(=C(/O)c2ccc3c(c2)CC(C)O3)C1c1ccc(O)c(OCC)c1. The quantitative estimate of drug-likeness (QED) is 0.404. The van der Waals surface area contributed by atoms with Gasteiger partial charge in [-0.25, -0.2) is 0 Å². The van der Waals surface area contributed by atoms with Gasteiger partial charge in [0, 0.05) is 18.5 Å². The number of aliphatic hydroxyl groups excluding tert-OH is 1. The van der Waals surface area contributed by atoms with E-state index in [1.807, 2.05) is 13.8 Å². The summed E-state index contributed by atoms with van der Waals surface area (Å²) < 4.78 is 11.2. The molecule has 2 N–H and O–H groups in total. The Morgan fingerprint density at radius 3 is 2.69 bits per heavy atom. The van der Waals surface area contributed by atoms with Crippen molar-refractivity contribution in [3.63, 3.8) is 0 Å². The zero-order valence-electron chi connectivity index (χ0n) is 18.4. The first kappa shape index (κ1) is 21.7. The van der Waals surface area contributed by atoms with E-state index in [0.29, 0.717) is 37.1 Å². The van der Waals surface area contributed by atoms with Crippen LogP contribution in [0.2, 0.25) is 0 Å². The topological polar surface area (TPSA) is 96.3 Å². The van der Waals surface area contributed by atoms with E-state index in [4.69, 9.17) is 9.47 Å². The Balaban J connectivity index is 1.85. The Bertz CT molecular complexity index is 1110. The number of hydrogen-bond acceptors (Lipinski definition) is 6. The van der Waals surface area contributed by atoms with E-state index in [1.165, 1.54) is 11.0 Å². The predicted octanol–water partition coefficient (Wildman–Crippen LogP) is 3.95. The van der Waals surface area contributed by atoms with Crippen molar-refractivity contribution in [2.45, 2.75) is 45.8 Å². The smallest absolute Gasteiger partial charge is 0.295 e. The van der Waals surface area contributed by atoms with E-state index in [9.17, 15) is 19.8 Å². The second-order valence-electron chi connectivity index (χ2n) is 8.11. The Morgan fingerprint density at radius 2 is 1.97 bits per heavy atom. The van der Waals surface area contributed by atoms with Crippen LogP contribution in [0.3, 0.4) is 0 Å². The third-order valence-electron chi connectivity index (χ3n) is 5.77. The number of rotatable bonds is 6. The van der Waals surface area contributed by atoms with Crippen molar-refractivity contribution >= 4 is 17.4 Å². The largest absolute Gasteiger partial charge is 0.507 e. The van der Waals surface area contributed by atoms with Crippen LogP contribution in [0.4, 0.5) is 0 Å². The molecule has 0 saturated carbocycles. The number of amides is 1. The minimum absolute atomic E-state index is 0.0310. The molecule has 1 amide bonds. The summed E-state index contributed by atoms with van der Waals surface area (Å²) in [6.45, 7) is 6.39. The van der Waals surface area contributed by atoms with Gasteiger partial charge in [-0.15, -0.1) is 0 Å². The molecule has 2 aromatic carbocycles. The van der Waals surface area contributed by atoms with E-state index in [2.05, 4.69) is 0 Å². The molecular formula is C25H27NO6. The Labute approximate surface area is 186 Å². The summed E-state index contributed by atoms with van der Waals surface area (Å²) >= 11 is 0. The average molecular weight is 437 g/mol. The minimum Gasteiger partial charge on any atom is -0.507 e. The molecule has 0 bridgehead atoms. The molecule has 0 aromatic heterocycles. The van der Waals surface area contributed by atoms with Crippen molar-refractivity contribution in [3.8, 4) is 17.2 Å². The van der Waals surface area contributed by atoms with E-state index >= 15 is 0 Å². The molecule has 2 heterocycles. The zero-order chi connectivity index (χ0) is 23.0. The normalized spacial score (nSPS) is 21.5. The lowest BCUT2D eigenvalue weighted by Crippen LogP contribution is -2.30. The molecule has 2 aliphatic rings. The predicted molar refractivity (Wildman–Crippen MR) is 119 cm³/mol. The number of phenolic OH excluding ortho intramolecular Hbond substituents is 1. The van der Waals surface area contributed by atoms with Gasteiger partial charge in [-0.05, 0) is 61.7 Å². The van der Waals surface area contributed by atoms with Crippen molar-refractivity contribution in [1.82, 2.24) is 4.90 Å². The Hall–Kier alpha value is -3.48. The van der Waals surface area contributed by atoms with Gasteiger partial charge in [-0.2, -0.15) is 0 Å². The second kappa shape index (κ2) is 8.57. The lowest BCUT2D eigenvalue weighted by atomic mass is 9.94. The molecule has 2 atom stereocenters. The van der Waals surface area contributed by atoms with Crippen molar-refractivity contribution in [1.29, 1.82) is 0 Å². The number of ketones is 1. The van der Waals surface area contributed by atoms with Crippen LogP contribution in [-0.4, -0.2) is 46.1 Å². The fourth-order valence-electron chi connectivity index (χ4n) is 4.39. The zero-order valence-corrected chi connectivity index (χ0v) is 18.4. The monoisotopic (exact) mass is 437 g/mol. The van der Waals surface area contributed by atoms with Crippen LogP contribution in [-0.2, 0) is 16.0 Å². The summed E-state index contributed by atoms with van der Waals surface area (Å²) in [5.41, 5.74) is 2.02. The van der Waals surface area contributed by atoms with Gasteiger partial charge < -0.3 is 24.6 Å². The maximum Gasteiger partial charge on any atom is 0.295 e. The Kier molecular flexibility index (Phi) is 5.82. The van der Waals surface area contributed by atoms with Crippen LogP contribution in [0.5, 0.6) is 17.2 Å².